The Labute approximate surface area is 65.4 Å². The molecule has 0 aromatic carbocycles. The van der Waals surface area contributed by atoms with Gasteiger partial charge in [0.05, 0.1) is 0 Å². The zero-order chi connectivity index (χ0) is 4.99. The van der Waals surface area contributed by atoms with Crippen LogP contribution in [0.4, 0.5) is 0 Å². The minimum absolute atomic E-state index is 0. The average Bonchev–Trinajstić information content (AvgIpc) is 1.35. The summed E-state index contributed by atoms with van der Waals surface area (Å²) in [6.45, 7) is 1.92. The molecule has 0 atom stereocenters. The molecule has 1 nitrogen and oxygen atoms in total. The van der Waals surface area contributed by atoms with Gasteiger partial charge in [0.1, 0.15) is 0 Å². The second kappa shape index (κ2) is 6.69. The summed E-state index contributed by atoms with van der Waals surface area (Å²) >= 11 is 4.94. The number of carbonyl (C=O) groups excluding carboxylic acids is 1. The van der Waals surface area contributed by atoms with Crippen LogP contribution in [0.3, 0.4) is 0 Å². The van der Waals surface area contributed by atoms with Crippen LogP contribution in [0, 0.1) is 0 Å². The smallest absolute Gasteiger partial charge is 0.221 e. The molecule has 0 radical (unpaired) electrons. The van der Waals surface area contributed by atoms with E-state index in [9.17, 15) is 4.79 Å². The molecule has 0 amide bonds. The molecule has 0 rings (SSSR count). The Morgan fingerprint density at radius 2 is 2.14 bits per heavy atom. The fourth-order valence-electron chi connectivity index (χ4n) is 0.197. The van der Waals surface area contributed by atoms with Crippen LogP contribution in [0.15, 0.2) is 0 Å². The van der Waals surface area contributed by atoms with E-state index in [4.69, 9.17) is 11.6 Å². The van der Waals surface area contributed by atoms with E-state index in [1.54, 1.807) is 0 Å². The normalized spacial score (nSPS) is 7.14. The lowest BCUT2D eigenvalue weighted by Crippen LogP contribution is -1.79. The molecule has 0 aliphatic heterocycles. The molecule has 0 heterocycles. The van der Waals surface area contributed by atoms with Gasteiger partial charge in [-0.25, -0.2) is 0 Å². The van der Waals surface area contributed by atoms with Crippen molar-refractivity contribution >= 4 is 40.8 Å². The summed E-state index contributed by atoms with van der Waals surface area (Å²) < 4.78 is 0. The Hall–Kier alpha value is 0.690. The molecule has 0 unspecified atom stereocenters. The molecule has 0 aliphatic carbocycles. The molecular weight excluding hydrogens is 226 g/mol. The predicted molar refractivity (Wildman–Crippen MR) is 41.2 cm³/mol. The van der Waals surface area contributed by atoms with E-state index >= 15 is 0 Å². The van der Waals surface area contributed by atoms with Crippen molar-refractivity contribution in [2.45, 2.75) is 19.8 Å². The minimum atomic E-state index is -0.238. The number of hydrogen-bond acceptors (Lipinski definition) is 1. The second-order valence-electron chi connectivity index (χ2n) is 1.11. The first-order chi connectivity index (χ1) is 2.77. The molecule has 0 fully saturated rings. The molecule has 0 saturated heterocycles. The van der Waals surface area contributed by atoms with Gasteiger partial charge in [0.2, 0.25) is 5.24 Å². The third kappa shape index (κ3) is 10.8. The van der Waals surface area contributed by atoms with Crippen molar-refractivity contribution in [2.24, 2.45) is 0 Å². The van der Waals surface area contributed by atoms with Crippen LogP contribution in [0.5, 0.6) is 0 Å². The first-order valence-electron chi connectivity index (χ1n) is 1.95. The monoisotopic (exact) mass is 234 g/mol. The first-order valence-corrected chi connectivity index (χ1v) is 2.33. The Morgan fingerprint density at radius 1 is 1.71 bits per heavy atom. The average molecular weight is 234 g/mol. The molecule has 44 valence electrons. The van der Waals surface area contributed by atoms with Crippen LogP contribution >= 0.6 is 35.6 Å². The highest BCUT2D eigenvalue weighted by Gasteiger charge is 1.87. The molecular formula is C4H8ClIO. The molecule has 0 spiro atoms. The number of rotatable bonds is 2. The Bertz CT molecular complexity index is 55.7. The van der Waals surface area contributed by atoms with Gasteiger partial charge in [-0.1, -0.05) is 6.92 Å². The van der Waals surface area contributed by atoms with Crippen LogP contribution < -0.4 is 0 Å². The summed E-state index contributed by atoms with van der Waals surface area (Å²) in [7, 11) is 0. The lowest BCUT2D eigenvalue weighted by atomic mass is 10.4. The minimum Gasteiger partial charge on any atom is -0.281 e. The van der Waals surface area contributed by atoms with Crippen molar-refractivity contribution in [3.63, 3.8) is 0 Å². The number of carbonyl (C=O) groups is 1. The van der Waals surface area contributed by atoms with Gasteiger partial charge in [-0.05, 0) is 18.0 Å². The topological polar surface area (TPSA) is 17.1 Å². The Morgan fingerprint density at radius 3 is 2.14 bits per heavy atom. The van der Waals surface area contributed by atoms with Gasteiger partial charge in [0.25, 0.3) is 0 Å². The van der Waals surface area contributed by atoms with Crippen LogP contribution in [-0.4, -0.2) is 5.24 Å². The summed E-state index contributed by atoms with van der Waals surface area (Å²) in [6, 6.07) is 0. The zero-order valence-corrected chi connectivity index (χ0v) is 7.19. The highest BCUT2D eigenvalue weighted by Crippen LogP contribution is 1.90. The Kier molecular flexibility index (Phi) is 10.2. The van der Waals surface area contributed by atoms with E-state index in [2.05, 4.69) is 0 Å². The van der Waals surface area contributed by atoms with Gasteiger partial charge in [0.15, 0.2) is 0 Å². The van der Waals surface area contributed by atoms with E-state index in [1.807, 2.05) is 6.92 Å². The standard InChI is InChI=1S/C4H7ClO.HI/c1-2-3-4(5)6;/h2-3H2,1H3;1H. The van der Waals surface area contributed by atoms with Gasteiger partial charge in [-0.3, -0.25) is 4.79 Å². The van der Waals surface area contributed by atoms with Crippen molar-refractivity contribution < 1.29 is 4.79 Å². The second-order valence-corrected chi connectivity index (χ2v) is 1.53. The zero-order valence-electron chi connectivity index (χ0n) is 4.11. The van der Waals surface area contributed by atoms with Crippen molar-refractivity contribution in [3.8, 4) is 0 Å². The molecule has 0 aromatic rings. The van der Waals surface area contributed by atoms with E-state index in [-0.39, 0.29) is 29.2 Å². The fraction of sp³-hybridized carbons (Fsp3) is 0.750. The SMILES string of the molecule is CCCC(=O)Cl.I. The van der Waals surface area contributed by atoms with Gasteiger partial charge >= 0.3 is 0 Å². The maximum atomic E-state index is 9.81. The summed E-state index contributed by atoms with van der Waals surface area (Å²) in [5.41, 5.74) is 0. The van der Waals surface area contributed by atoms with Crippen LogP contribution in [0.1, 0.15) is 19.8 Å². The summed E-state index contributed by atoms with van der Waals surface area (Å²) in [6.07, 6.45) is 1.35. The summed E-state index contributed by atoms with van der Waals surface area (Å²) in [5.74, 6) is 0. The molecule has 0 aliphatic rings. The molecule has 0 N–H and O–H groups in total. The molecule has 7 heavy (non-hydrogen) atoms. The quantitative estimate of drug-likeness (QED) is 0.529. The first kappa shape index (κ1) is 10.6. The van der Waals surface area contributed by atoms with Crippen LogP contribution in [0.25, 0.3) is 0 Å². The van der Waals surface area contributed by atoms with Gasteiger partial charge in [-0.15, -0.1) is 24.0 Å². The lowest BCUT2D eigenvalue weighted by molar-refractivity contribution is -0.111. The van der Waals surface area contributed by atoms with Crippen molar-refractivity contribution in [3.05, 3.63) is 0 Å². The van der Waals surface area contributed by atoms with Gasteiger partial charge in [-0.2, -0.15) is 0 Å². The molecule has 0 aromatic heterocycles. The molecule has 0 bridgehead atoms. The van der Waals surface area contributed by atoms with E-state index in [0.29, 0.717) is 6.42 Å². The third-order valence-electron chi connectivity index (χ3n) is 0.447. The fourth-order valence-corrected chi connectivity index (χ4v) is 0.386. The van der Waals surface area contributed by atoms with Crippen molar-refractivity contribution in [1.82, 2.24) is 0 Å². The number of halogens is 2. The predicted octanol–water partition coefficient (Wildman–Crippen LogP) is 2.17. The summed E-state index contributed by atoms with van der Waals surface area (Å²) in [5, 5.41) is -0.238. The summed E-state index contributed by atoms with van der Waals surface area (Å²) in [4.78, 5) is 9.81. The van der Waals surface area contributed by atoms with Gasteiger partial charge < -0.3 is 0 Å². The highest BCUT2D eigenvalue weighted by molar-refractivity contribution is 14.0. The molecule has 3 heteroatoms. The van der Waals surface area contributed by atoms with Gasteiger partial charge in [0, 0.05) is 6.42 Å². The lowest BCUT2D eigenvalue weighted by Gasteiger charge is -1.77. The third-order valence-corrected chi connectivity index (χ3v) is 0.636. The van der Waals surface area contributed by atoms with E-state index < -0.39 is 0 Å². The highest BCUT2D eigenvalue weighted by atomic mass is 127. The maximum Gasteiger partial charge on any atom is 0.221 e. The van der Waals surface area contributed by atoms with Crippen LogP contribution in [-0.2, 0) is 4.79 Å². The maximum absolute atomic E-state index is 9.81. The van der Waals surface area contributed by atoms with Crippen LogP contribution in [0.2, 0.25) is 0 Å². The van der Waals surface area contributed by atoms with E-state index in [1.165, 1.54) is 0 Å². The van der Waals surface area contributed by atoms with E-state index in [0.717, 1.165) is 6.42 Å². The van der Waals surface area contributed by atoms with Crippen molar-refractivity contribution in [1.29, 1.82) is 0 Å². The molecule has 0 saturated carbocycles. The largest absolute Gasteiger partial charge is 0.281 e. The Balaban J connectivity index is 0. The van der Waals surface area contributed by atoms with Crippen molar-refractivity contribution in [2.75, 3.05) is 0 Å². The number of hydrogen-bond donors (Lipinski definition) is 0.